The van der Waals surface area contributed by atoms with E-state index in [0.29, 0.717) is 22.4 Å². The Morgan fingerprint density at radius 3 is 1.79 bits per heavy atom. The van der Waals surface area contributed by atoms with Gasteiger partial charge in [0.15, 0.2) is 0 Å². The fourth-order valence-electron chi connectivity index (χ4n) is 3.54. The van der Waals surface area contributed by atoms with Crippen LogP contribution >= 0.6 is 0 Å². The van der Waals surface area contributed by atoms with Crippen molar-refractivity contribution < 1.29 is 24.4 Å². The zero-order chi connectivity index (χ0) is 26.1. The first-order chi connectivity index (χ1) is 15.4. The lowest BCUT2D eigenvalue weighted by atomic mass is 9.77. The Morgan fingerprint density at radius 1 is 0.941 bits per heavy atom. The molecule has 3 N–H and O–H groups in total. The van der Waals surface area contributed by atoms with Crippen LogP contribution in [0.4, 0.5) is 16.2 Å². The molecule has 2 aromatic rings. The molecule has 0 aliphatic heterocycles. The maximum atomic E-state index is 12.8. The Balaban J connectivity index is 2.52. The average Bonchev–Trinajstić information content (AvgIpc) is 2.65. The molecule has 34 heavy (non-hydrogen) atoms. The molecule has 0 saturated heterocycles. The molecule has 0 saturated carbocycles. The highest BCUT2D eigenvalue weighted by Gasteiger charge is 2.36. The smallest absolute Gasteiger partial charge is 0.322 e. The lowest BCUT2D eigenvalue weighted by Gasteiger charge is -2.34. The van der Waals surface area contributed by atoms with E-state index in [1.54, 1.807) is 19.1 Å². The van der Waals surface area contributed by atoms with Gasteiger partial charge in [0.25, 0.3) is 5.69 Å². The number of esters is 1. The molecule has 0 heterocycles. The summed E-state index contributed by atoms with van der Waals surface area (Å²) >= 11 is 0. The van der Waals surface area contributed by atoms with Crippen molar-refractivity contribution in [3.8, 4) is 5.75 Å². The number of phenolic OH excluding ortho intramolecular Hbond substituents is 1. The molecule has 0 radical (unpaired) electrons. The molecule has 0 aliphatic rings. The third-order valence-corrected chi connectivity index (χ3v) is 5.31. The molecule has 0 bridgehead atoms. The maximum Gasteiger partial charge on any atom is 0.322 e. The number of nitro benzene ring substituents is 1. The zero-order valence-corrected chi connectivity index (χ0v) is 20.9. The lowest BCUT2D eigenvalue weighted by Crippen LogP contribution is -2.48. The summed E-state index contributed by atoms with van der Waals surface area (Å²) in [6, 6.07) is 8.10. The molecule has 9 heteroatoms. The average molecular weight is 472 g/mol. The van der Waals surface area contributed by atoms with Gasteiger partial charge in [0.2, 0.25) is 5.72 Å². The minimum Gasteiger partial charge on any atom is -0.507 e. The number of nitrogens with zero attached hydrogens (tertiary/aromatic N) is 1. The second-order valence-corrected chi connectivity index (χ2v) is 10.4. The van der Waals surface area contributed by atoms with Crippen molar-refractivity contribution in [2.24, 2.45) is 0 Å². The van der Waals surface area contributed by atoms with Crippen molar-refractivity contribution in [1.82, 2.24) is 5.32 Å². The number of aromatic hydroxyl groups is 1. The van der Waals surface area contributed by atoms with Gasteiger partial charge < -0.3 is 15.2 Å². The van der Waals surface area contributed by atoms with Crippen molar-refractivity contribution >= 4 is 23.4 Å². The molecule has 1 unspecified atom stereocenters. The molecule has 2 aromatic carbocycles. The van der Waals surface area contributed by atoms with E-state index in [0.717, 1.165) is 0 Å². The molecule has 1 atom stereocenters. The molecule has 0 fully saturated rings. The van der Waals surface area contributed by atoms with E-state index in [2.05, 4.69) is 10.6 Å². The first-order valence-electron chi connectivity index (χ1n) is 10.9. The Hall–Kier alpha value is -3.62. The predicted molar refractivity (Wildman–Crippen MR) is 130 cm³/mol. The SMILES string of the molecule is CC(=O)OC(C)(NC(=O)Nc1ccc([N+](=O)[O-])cc1)c1cc(C(C)(C)C)c(O)c(C(C)(C)C)c1. The van der Waals surface area contributed by atoms with Gasteiger partial charge in [0.05, 0.1) is 4.92 Å². The molecular weight excluding hydrogens is 438 g/mol. The van der Waals surface area contributed by atoms with Gasteiger partial charge in [-0.2, -0.15) is 0 Å². The fourth-order valence-corrected chi connectivity index (χ4v) is 3.54. The highest BCUT2D eigenvalue weighted by atomic mass is 16.6. The van der Waals surface area contributed by atoms with Gasteiger partial charge in [-0.1, -0.05) is 41.5 Å². The predicted octanol–water partition coefficient (Wildman–Crippen LogP) is 5.45. The van der Waals surface area contributed by atoms with Gasteiger partial charge >= 0.3 is 12.0 Å². The summed E-state index contributed by atoms with van der Waals surface area (Å²) in [5.74, 6) is -0.454. The summed E-state index contributed by atoms with van der Waals surface area (Å²) in [5.41, 5.74) is -0.444. The zero-order valence-electron chi connectivity index (χ0n) is 20.9. The number of urea groups is 1. The minimum absolute atomic E-state index is 0.107. The summed E-state index contributed by atoms with van der Waals surface area (Å²) in [4.78, 5) is 35.1. The number of carbonyl (C=O) groups is 2. The second kappa shape index (κ2) is 9.32. The van der Waals surface area contributed by atoms with Gasteiger partial charge in [-0.15, -0.1) is 0 Å². The van der Waals surface area contributed by atoms with Crippen LogP contribution in [0.2, 0.25) is 0 Å². The Kier molecular flexibility index (Phi) is 7.30. The number of carbonyl (C=O) groups excluding carboxylic acids is 2. The van der Waals surface area contributed by atoms with Crippen molar-refractivity contribution in [3.05, 3.63) is 63.2 Å². The van der Waals surface area contributed by atoms with E-state index < -0.39 is 33.5 Å². The van der Waals surface area contributed by atoms with E-state index in [1.165, 1.54) is 31.2 Å². The van der Waals surface area contributed by atoms with Gasteiger partial charge in [0.1, 0.15) is 5.75 Å². The van der Waals surface area contributed by atoms with E-state index in [4.69, 9.17) is 4.74 Å². The van der Waals surface area contributed by atoms with Crippen molar-refractivity contribution in [3.63, 3.8) is 0 Å². The number of hydrogen-bond acceptors (Lipinski definition) is 6. The number of non-ortho nitro benzene ring substituents is 1. The number of rotatable bonds is 5. The van der Waals surface area contributed by atoms with Gasteiger partial charge in [-0.3, -0.25) is 20.2 Å². The van der Waals surface area contributed by atoms with Crippen LogP contribution < -0.4 is 10.6 Å². The largest absolute Gasteiger partial charge is 0.507 e. The van der Waals surface area contributed by atoms with Gasteiger partial charge in [0, 0.05) is 41.4 Å². The summed E-state index contributed by atoms with van der Waals surface area (Å²) in [5, 5.41) is 27.1. The van der Waals surface area contributed by atoms with Crippen LogP contribution in [-0.2, 0) is 26.1 Å². The quantitative estimate of drug-likeness (QED) is 0.230. The number of hydrogen-bond donors (Lipinski definition) is 3. The lowest BCUT2D eigenvalue weighted by molar-refractivity contribution is -0.384. The Labute approximate surface area is 199 Å². The van der Waals surface area contributed by atoms with E-state index in [9.17, 15) is 24.8 Å². The number of amides is 2. The molecule has 2 rings (SSSR count). The Morgan fingerprint density at radius 2 is 1.41 bits per heavy atom. The number of nitro groups is 1. The van der Waals surface area contributed by atoms with Crippen LogP contribution in [-0.4, -0.2) is 22.0 Å². The molecule has 2 amide bonds. The van der Waals surface area contributed by atoms with Crippen LogP contribution in [0.5, 0.6) is 5.75 Å². The number of phenols is 1. The molecule has 9 nitrogen and oxygen atoms in total. The normalized spacial score (nSPS) is 13.5. The third kappa shape index (κ3) is 6.24. The highest BCUT2D eigenvalue weighted by Crippen LogP contribution is 2.42. The number of ether oxygens (including phenoxy) is 1. The molecular formula is C25H33N3O6. The van der Waals surface area contributed by atoms with Gasteiger partial charge in [-0.05, 0) is 42.0 Å². The first kappa shape index (κ1) is 26.6. The minimum atomic E-state index is -1.57. The topological polar surface area (TPSA) is 131 Å². The fraction of sp³-hybridized carbons (Fsp3) is 0.440. The first-order valence-corrected chi connectivity index (χ1v) is 10.9. The molecule has 0 aromatic heterocycles. The molecule has 0 spiro atoms. The summed E-state index contributed by atoms with van der Waals surface area (Å²) < 4.78 is 5.58. The van der Waals surface area contributed by atoms with Crippen LogP contribution in [0.25, 0.3) is 0 Å². The second-order valence-electron chi connectivity index (χ2n) is 10.4. The number of nitrogens with one attached hydrogen (secondary N) is 2. The van der Waals surface area contributed by atoms with Crippen molar-refractivity contribution in [2.75, 3.05) is 5.32 Å². The van der Waals surface area contributed by atoms with E-state index >= 15 is 0 Å². The molecule has 0 aliphatic carbocycles. The van der Waals surface area contributed by atoms with Crippen LogP contribution in [0.1, 0.15) is 72.1 Å². The van der Waals surface area contributed by atoms with Crippen molar-refractivity contribution in [1.29, 1.82) is 0 Å². The number of anilines is 1. The van der Waals surface area contributed by atoms with Crippen LogP contribution in [0.3, 0.4) is 0 Å². The summed E-state index contributed by atoms with van der Waals surface area (Å²) in [6.07, 6.45) is 0. The summed E-state index contributed by atoms with van der Waals surface area (Å²) in [7, 11) is 0. The van der Waals surface area contributed by atoms with Crippen LogP contribution in [0.15, 0.2) is 36.4 Å². The van der Waals surface area contributed by atoms with Crippen LogP contribution in [0, 0.1) is 10.1 Å². The monoisotopic (exact) mass is 471 g/mol. The van der Waals surface area contributed by atoms with Crippen molar-refractivity contribution in [2.45, 2.75) is 71.9 Å². The maximum absolute atomic E-state index is 12.8. The third-order valence-electron chi connectivity index (χ3n) is 5.31. The van der Waals surface area contributed by atoms with E-state index in [1.807, 2.05) is 41.5 Å². The number of benzene rings is 2. The van der Waals surface area contributed by atoms with E-state index in [-0.39, 0.29) is 11.4 Å². The van der Waals surface area contributed by atoms with Gasteiger partial charge in [-0.25, -0.2) is 4.79 Å². The highest BCUT2D eigenvalue weighted by molar-refractivity contribution is 5.90. The molecule has 184 valence electrons. The Bertz CT molecular complexity index is 1060. The summed E-state index contributed by atoms with van der Waals surface area (Å²) in [6.45, 7) is 14.5. The standard InChI is InChI=1S/C25H33N3O6/c1-15(29)34-25(8,27-22(31)26-17-9-11-18(12-10-17)28(32)33)16-13-19(23(2,3)4)21(30)20(14-16)24(5,6)7/h9-14,30H,1-8H3,(H2,26,27,31).